The maximum absolute atomic E-state index is 12.3. The molecule has 0 aromatic carbocycles. The number of nitrogens with one attached hydrogen (secondary N) is 1. The minimum Gasteiger partial charge on any atom is -0.338 e. The van der Waals surface area contributed by atoms with Gasteiger partial charge in [-0.2, -0.15) is 0 Å². The maximum atomic E-state index is 12.3. The predicted molar refractivity (Wildman–Crippen MR) is 91.4 cm³/mol. The highest BCUT2D eigenvalue weighted by Gasteiger charge is 2.27. The van der Waals surface area contributed by atoms with Gasteiger partial charge >= 0.3 is 0 Å². The second-order valence-electron chi connectivity index (χ2n) is 6.14. The molecule has 7 heteroatoms. The Hall–Kier alpha value is -1.73. The first kappa shape index (κ1) is 16.1. The smallest absolute Gasteiger partial charge is 0.243 e. The van der Waals surface area contributed by atoms with E-state index in [2.05, 4.69) is 24.8 Å². The summed E-state index contributed by atoms with van der Waals surface area (Å²) in [4.78, 5) is 23.1. The summed E-state index contributed by atoms with van der Waals surface area (Å²) < 4.78 is 2.09. The zero-order valence-corrected chi connectivity index (χ0v) is 14.4. The number of anilines is 1. The average molecular weight is 333 g/mol. The molecule has 1 aliphatic rings. The standard InChI is InChI=1S/C16H23N5OS/c1-12(15(22)19-16-18-6-10-23-16)21-7-3-13(4-8-21)11-14-17-5-9-20(14)2/h5-6,9-10,12-13H,3-4,7-8,11H2,1-2H3,(H,18,19,22)/t12-/m1/s1. The van der Waals surface area contributed by atoms with Crippen LogP contribution in [0.2, 0.25) is 0 Å². The zero-order chi connectivity index (χ0) is 16.2. The number of imidazole rings is 1. The first-order valence-electron chi connectivity index (χ1n) is 8.04. The van der Waals surface area contributed by atoms with Crippen molar-refractivity contribution >= 4 is 22.4 Å². The highest BCUT2D eigenvalue weighted by atomic mass is 32.1. The van der Waals surface area contributed by atoms with Crippen LogP contribution in [0.4, 0.5) is 5.13 Å². The molecule has 1 saturated heterocycles. The van der Waals surface area contributed by atoms with Gasteiger partial charge in [0.1, 0.15) is 5.82 Å². The lowest BCUT2D eigenvalue weighted by molar-refractivity contribution is -0.121. The molecule has 1 amide bonds. The fourth-order valence-corrected chi connectivity index (χ4v) is 3.59. The quantitative estimate of drug-likeness (QED) is 0.911. The molecule has 23 heavy (non-hydrogen) atoms. The van der Waals surface area contributed by atoms with Gasteiger partial charge in [0, 0.05) is 37.4 Å². The van der Waals surface area contributed by atoms with Crippen molar-refractivity contribution in [3.63, 3.8) is 0 Å². The number of rotatable bonds is 5. The third-order valence-electron chi connectivity index (χ3n) is 4.63. The van der Waals surface area contributed by atoms with Crippen molar-refractivity contribution in [2.24, 2.45) is 13.0 Å². The molecule has 0 radical (unpaired) electrons. The predicted octanol–water partition coefficient (Wildman–Crippen LogP) is 2.16. The van der Waals surface area contributed by atoms with Gasteiger partial charge in [-0.25, -0.2) is 9.97 Å². The Morgan fingerprint density at radius 3 is 2.78 bits per heavy atom. The average Bonchev–Trinajstić information content (AvgIpc) is 3.20. The molecule has 1 atom stereocenters. The van der Waals surface area contributed by atoms with Crippen LogP contribution in [-0.4, -0.2) is 44.5 Å². The van der Waals surface area contributed by atoms with Gasteiger partial charge in [0.2, 0.25) is 5.91 Å². The van der Waals surface area contributed by atoms with E-state index in [9.17, 15) is 4.79 Å². The molecule has 0 spiro atoms. The zero-order valence-electron chi connectivity index (χ0n) is 13.6. The molecule has 0 bridgehead atoms. The number of hydrogen-bond acceptors (Lipinski definition) is 5. The highest BCUT2D eigenvalue weighted by molar-refractivity contribution is 7.13. The molecule has 0 aliphatic carbocycles. The Kier molecular flexibility index (Phi) is 5.07. The van der Waals surface area contributed by atoms with Gasteiger partial charge in [-0.05, 0) is 38.8 Å². The van der Waals surface area contributed by atoms with Gasteiger partial charge in [0.05, 0.1) is 6.04 Å². The third kappa shape index (κ3) is 3.97. The van der Waals surface area contributed by atoms with Crippen LogP contribution < -0.4 is 5.32 Å². The molecule has 2 aromatic rings. The minimum absolute atomic E-state index is 0.0301. The second-order valence-corrected chi connectivity index (χ2v) is 7.03. The summed E-state index contributed by atoms with van der Waals surface area (Å²) in [5.74, 6) is 1.84. The van der Waals surface area contributed by atoms with Gasteiger partial charge in [-0.15, -0.1) is 11.3 Å². The summed E-state index contributed by atoms with van der Waals surface area (Å²) in [5, 5.41) is 5.42. The van der Waals surface area contributed by atoms with Crippen LogP contribution in [0, 0.1) is 5.92 Å². The van der Waals surface area contributed by atoms with Crippen LogP contribution in [0.25, 0.3) is 0 Å². The van der Waals surface area contributed by atoms with E-state index < -0.39 is 0 Å². The lowest BCUT2D eigenvalue weighted by Gasteiger charge is -2.35. The van der Waals surface area contributed by atoms with Crippen molar-refractivity contribution < 1.29 is 4.79 Å². The van der Waals surface area contributed by atoms with Gasteiger partial charge in [-0.1, -0.05) is 0 Å². The number of carbonyl (C=O) groups is 1. The Morgan fingerprint density at radius 1 is 1.39 bits per heavy atom. The summed E-state index contributed by atoms with van der Waals surface area (Å²) >= 11 is 1.45. The van der Waals surface area contributed by atoms with E-state index in [0.29, 0.717) is 11.0 Å². The molecular formula is C16H23N5OS. The first-order chi connectivity index (χ1) is 11.1. The fourth-order valence-electron chi connectivity index (χ4n) is 3.06. The lowest BCUT2D eigenvalue weighted by Crippen LogP contribution is -2.46. The number of carbonyl (C=O) groups excluding carboxylic acids is 1. The number of aryl methyl sites for hydroxylation is 1. The number of amides is 1. The van der Waals surface area contributed by atoms with E-state index in [1.54, 1.807) is 6.20 Å². The van der Waals surface area contributed by atoms with Crippen LogP contribution >= 0.6 is 11.3 Å². The highest BCUT2D eigenvalue weighted by Crippen LogP contribution is 2.23. The Balaban J connectivity index is 1.48. The van der Waals surface area contributed by atoms with E-state index in [4.69, 9.17) is 0 Å². The number of hydrogen-bond donors (Lipinski definition) is 1. The van der Waals surface area contributed by atoms with Gasteiger partial charge < -0.3 is 9.88 Å². The number of aromatic nitrogens is 3. The van der Waals surface area contributed by atoms with E-state index in [0.717, 1.165) is 38.2 Å². The molecule has 1 fully saturated rings. The molecule has 6 nitrogen and oxygen atoms in total. The van der Waals surface area contributed by atoms with Crippen molar-refractivity contribution in [2.45, 2.75) is 32.2 Å². The third-order valence-corrected chi connectivity index (χ3v) is 5.32. The van der Waals surface area contributed by atoms with Crippen LogP contribution in [0.1, 0.15) is 25.6 Å². The van der Waals surface area contributed by atoms with Crippen LogP contribution in [0.3, 0.4) is 0 Å². The molecule has 1 N–H and O–H groups in total. The van der Waals surface area contributed by atoms with Crippen LogP contribution in [0.15, 0.2) is 24.0 Å². The van der Waals surface area contributed by atoms with Gasteiger partial charge in [-0.3, -0.25) is 9.69 Å². The van der Waals surface area contributed by atoms with Crippen molar-refractivity contribution in [3.8, 4) is 0 Å². The maximum Gasteiger partial charge on any atom is 0.243 e. The fraction of sp³-hybridized carbons (Fsp3) is 0.562. The summed E-state index contributed by atoms with van der Waals surface area (Å²) in [5.41, 5.74) is 0. The van der Waals surface area contributed by atoms with Gasteiger partial charge in [0.15, 0.2) is 5.13 Å². The van der Waals surface area contributed by atoms with Crippen LogP contribution in [0.5, 0.6) is 0 Å². The van der Waals surface area contributed by atoms with Gasteiger partial charge in [0.25, 0.3) is 0 Å². The number of likely N-dealkylation sites (tertiary alicyclic amines) is 1. The molecule has 3 heterocycles. The van der Waals surface area contributed by atoms with E-state index in [-0.39, 0.29) is 11.9 Å². The summed E-state index contributed by atoms with van der Waals surface area (Å²) in [6.07, 6.45) is 8.81. The largest absolute Gasteiger partial charge is 0.338 e. The normalized spacial score (nSPS) is 18.0. The summed E-state index contributed by atoms with van der Waals surface area (Å²) in [6.45, 7) is 3.89. The Labute approximate surface area is 140 Å². The lowest BCUT2D eigenvalue weighted by atomic mass is 9.92. The number of thiazole rings is 1. The number of nitrogens with zero attached hydrogens (tertiary/aromatic N) is 4. The molecule has 0 saturated carbocycles. The number of piperidine rings is 1. The molecule has 3 rings (SSSR count). The first-order valence-corrected chi connectivity index (χ1v) is 8.92. The topological polar surface area (TPSA) is 63.1 Å². The summed E-state index contributed by atoms with van der Waals surface area (Å²) in [7, 11) is 2.04. The van der Waals surface area contributed by atoms with E-state index in [1.165, 1.54) is 11.3 Å². The monoisotopic (exact) mass is 333 g/mol. The SMILES string of the molecule is C[C@H](C(=O)Nc1nccs1)N1CCC(Cc2nccn2C)CC1. The van der Waals surface area contributed by atoms with Crippen molar-refractivity contribution in [3.05, 3.63) is 29.8 Å². The molecule has 0 unspecified atom stereocenters. The molecular weight excluding hydrogens is 310 g/mol. The van der Waals surface area contributed by atoms with E-state index >= 15 is 0 Å². The van der Waals surface area contributed by atoms with Crippen molar-refractivity contribution in [1.29, 1.82) is 0 Å². The second kappa shape index (κ2) is 7.23. The van der Waals surface area contributed by atoms with Crippen molar-refractivity contribution in [1.82, 2.24) is 19.4 Å². The Morgan fingerprint density at radius 2 is 2.17 bits per heavy atom. The molecule has 1 aliphatic heterocycles. The molecule has 124 valence electrons. The Bertz CT molecular complexity index is 631. The summed E-state index contributed by atoms with van der Waals surface area (Å²) in [6, 6.07) is -0.118. The minimum atomic E-state index is -0.118. The molecule has 2 aromatic heterocycles. The van der Waals surface area contributed by atoms with E-state index in [1.807, 2.05) is 31.7 Å². The van der Waals surface area contributed by atoms with Crippen molar-refractivity contribution in [2.75, 3.05) is 18.4 Å². The van der Waals surface area contributed by atoms with Crippen LogP contribution in [-0.2, 0) is 18.3 Å².